The van der Waals surface area contributed by atoms with Crippen LogP contribution in [0.4, 0.5) is 11.4 Å². The van der Waals surface area contributed by atoms with Gasteiger partial charge in [-0.15, -0.1) is 11.8 Å². The molecule has 0 saturated carbocycles. The van der Waals surface area contributed by atoms with E-state index in [1.165, 1.54) is 11.8 Å². The van der Waals surface area contributed by atoms with Gasteiger partial charge in [-0.3, -0.25) is 14.5 Å². The Morgan fingerprint density at radius 3 is 2.37 bits per heavy atom. The fourth-order valence-electron chi connectivity index (χ4n) is 4.27. The Bertz CT molecular complexity index is 1150. The van der Waals surface area contributed by atoms with Gasteiger partial charge in [0.1, 0.15) is 0 Å². The van der Waals surface area contributed by atoms with E-state index in [0.717, 1.165) is 22.5 Å². The lowest BCUT2D eigenvalue weighted by atomic mass is 10.0. The molecule has 5 rings (SSSR count). The third-order valence-corrected chi connectivity index (χ3v) is 7.47. The molecule has 6 heteroatoms. The van der Waals surface area contributed by atoms with Gasteiger partial charge in [0.25, 0.3) is 5.91 Å². The van der Waals surface area contributed by atoms with Crippen molar-refractivity contribution in [1.29, 1.82) is 0 Å². The van der Waals surface area contributed by atoms with Gasteiger partial charge >= 0.3 is 0 Å². The molecule has 2 aliphatic heterocycles. The highest BCUT2D eigenvalue weighted by atomic mass is 35.5. The highest BCUT2D eigenvalue weighted by Gasteiger charge is 2.63. The number of amides is 2. The van der Waals surface area contributed by atoms with E-state index in [9.17, 15) is 9.59 Å². The maximum absolute atomic E-state index is 14.0. The van der Waals surface area contributed by atoms with Crippen molar-refractivity contribution in [2.24, 2.45) is 0 Å². The van der Waals surface area contributed by atoms with Crippen LogP contribution in [0.25, 0.3) is 0 Å². The number of rotatable bonds is 3. The molecule has 0 bridgehead atoms. The van der Waals surface area contributed by atoms with Crippen LogP contribution in [-0.2, 0) is 21.0 Å². The predicted molar refractivity (Wildman–Crippen MR) is 122 cm³/mol. The molecule has 0 unspecified atom stereocenters. The van der Waals surface area contributed by atoms with E-state index in [4.69, 9.17) is 11.6 Å². The predicted octanol–water partition coefficient (Wildman–Crippen LogP) is 5.21. The summed E-state index contributed by atoms with van der Waals surface area (Å²) in [7, 11) is 0. The summed E-state index contributed by atoms with van der Waals surface area (Å²) in [5.74, 6) is -0.177. The first kappa shape index (κ1) is 19.2. The van der Waals surface area contributed by atoms with Crippen molar-refractivity contribution in [1.82, 2.24) is 0 Å². The molecular weight excluding hydrogens is 416 g/mol. The Morgan fingerprint density at radius 1 is 0.933 bits per heavy atom. The molecule has 3 aromatic rings. The fraction of sp³-hybridized carbons (Fsp3) is 0.167. The summed E-state index contributed by atoms with van der Waals surface area (Å²) >= 11 is 7.80. The number of carbonyl (C=O) groups is 2. The Balaban J connectivity index is 1.68. The molecule has 2 heterocycles. The molecule has 0 N–H and O–H groups in total. The van der Waals surface area contributed by atoms with Crippen LogP contribution in [0, 0.1) is 0 Å². The lowest BCUT2D eigenvalue weighted by Crippen LogP contribution is -2.49. The van der Waals surface area contributed by atoms with Crippen LogP contribution in [0.5, 0.6) is 0 Å². The average Bonchev–Trinajstić information content (AvgIpc) is 3.16. The van der Waals surface area contributed by atoms with Gasteiger partial charge < -0.3 is 4.90 Å². The number of carbonyl (C=O) groups excluding carboxylic acids is 2. The summed E-state index contributed by atoms with van der Waals surface area (Å²) in [6.45, 7) is 2.22. The largest absolute Gasteiger partial charge is 0.304 e. The second-order valence-electron chi connectivity index (χ2n) is 7.41. The number of hydrogen-bond acceptors (Lipinski definition) is 3. The summed E-state index contributed by atoms with van der Waals surface area (Å²) < 4.78 is 0. The van der Waals surface area contributed by atoms with E-state index in [-0.39, 0.29) is 17.1 Å². The number of halogens is 1. The van der Waals surface area contributed by atoms with E-state index < -0.39 is 4.87 Å². The summed E-state index contributed by atoms with van der Waals surface area (Å²) in [4.78, 5) is 29.6. The van der Waals surface area contributed by atoms with Gasteiger partial charge in [-0.1, -0.05) is 66.2 Å². The molecule has 4 nitrogen and oxygen atoms in total. The van der Waals surface area contributed by atoms with Crippen molar-refractivity contribution in [2.45, 2.75) is 23.6 Å². The molecule has 2 aliphatic rings. The normalized spacial score (nSPS) is 22.8. The molecule has 1 fully saturated rings. The minimum Gasteiger partial charge on any atom is -0.304 e. The molecule has 1 saturated heterocycles. The number of hydrogen-bond donors (Lipinski definition) is 0. The van der Waals surface area contributed by atoms with E-state index >= 15 is 0 Å². The SMILES string of the molecule is C[C@@H]1S[C@]2(C(=O)N(Cc3ccccc3Cl)c3ccccc32)N(c2ccccc2)C1=O. The maximum Gasteiger partial charge on any atom is 0.269 e. The third-order valence-electron chi connectivity index (χ3n) is 5.63. The number of fused-ring (bicyclic) bond motifs is 2. The monoisotopic (exact) mass is 434 g/mol. The van der Waals surface area contributed by atoms with Crippen LogP contribution in [-0.4, -0.2) is 17.1 Å². The zero-order chi connectivity index (χ0) is 20.9. The molecule has 0 aliphatic carbocycles. The summed E-state index contributed by atoms with van der Waals surface area (Å²) in [5, 5.41) is 0.287. The van der Waals surface area contributed by atoms with Crippen LogP contribution in [0.15, 0.2) is 78.9 Å². The van der Waals surface area contributed by atoms with Crippen molar-refractivity contribution >= 4 is 46.6 Å². The summed E-state index contributed by atoms with van der Waals surface area (Å²) in [5.41, 5.74) is 3.25. The Hall–Kier alpha value is -2.76. The molecule has 1 spiro atoms. The minimum absolute atomic E-state index is 0.0612. The molecular formula is C24H19ClN2O2S. The number of para-hydroxylation sites is 2. The van der Waals surface area contributed by atoms with Gasteiger partial charge in [-0.05, 0) is 36.8 Å². The van der Waals surface area contributed by atoms with E-state index in [1.54, 1.807) is 9.80 Å². The highest BCUT2D eigenvalue weighted by Crippen LogP contribution is 2.58. The van der Waals surface area contributed by atoms with Crippen LogP contribution in [0.3, 0.4) is 0 Å². The van der Waals surface area contributed by atoms with Crippen molar-refractivity contribution in [3.8, 4) is 0 Å². The standard InChI is InChI=1S/C24H19ClN2O2S/c1-16-22(28)27(18-10-3-2-4-11-18)24(30-16)19-12-6-8-14-21(19)26(23(24)29)15-17-9-5-7-13-20(17)25/h2-14,16H,15H2,1H3/t16-,24+/m0/s1. The first-order valence-electron chi connectivity index (χ1n) is 9.76. The van der Waals surface area contributed by atoms with E-state index in [0.29, 0.717) is 11.6 Å². The van der Waals surface area contributed by atoms with Crippen LogP contribution < -0.4 is 9.80 Å². The van der Waals surface area contributed by atoms with Crippen LogP contribution >= 0.6 is 23.4 Å². The molecule has 2 amide bonds. The Morgan fingerprint density at radius 2 is 1.60 bits per heavy atom. The summed E-state index contributed by atoms with van der Waals surface area (Å²) in [6, 6.07) is 24.7. The van der Waals surface area contributed by atoms with Gasteiger partial charge in [0.05, 0.1) is 17.5 Å². The highest BCUT2D eigenvalue weighted by molar-refractivity contribution is 8.03. The quantitative estimate of drug-likeness (QED) is 0.568. The lowest BCUT2D eigenvalue weighted by molar-refractivity contribution is -0.124. The maximum atomic E-state index is 14.0. The number of thioether (sulfide) groups is 1. The number of nitrogens with zero attached hydrogens (tertiary/aromatic N) is 2. The number of anilines is 2. The molecule has 3 aromatic carbocycles. The van der Waals surface area contributed by atoms with Crippen LogP contribution in [0.2, 0.25) is 5.02 Å². The zero-order valence-corrected chi connectivity index (χ0v) is 17.9. The molecule has 0 aromatic heterocycles. The third kappa shape index (κ3) is 2.69. The van der Waals surface area contributed by atoms with Crippen molar-refractivity contribution in [2.75, 3.05) is 9.80 Å². The smallest absolute Gasteiger partial charge is 0.269 e. The van der Waals surface area contributed by atoms with Crippen LogP contribution in [0.1, 0.15) is 18.1 Å². The second-order valence-corrected chi connectivity index (χ2v) is 9.35. The van der Waals surface area contributed by atoms with Crippen molar-refractivity contribution in [3.05, 3.63) is 95.0 Å². The van der Waals surface area contributed by atoms with Gasteiger partial charge in [-0.25, -0.2) is 0 Å². The molecule has 2 atom stereocenters. The fourth-order valence-corrected chi connectivity index (χ4v) is 5.99. The van der Waals surface area contributed by atoms with Gasteiger partial charge in [0.2, 0.25) is 10.8 Å². The topological polar surface area (TPSA) is 40.6 Å². The first-order valence-corrected chi connectivity index (χ1v) is 11.0. The zero-order valence-electron chi connectivity index (χ0n) is 16.3. The molecule has 0 radical (unpaired) electrons. The van der Waals surface area contributed by atoms with Crippen molar-refractivity contribution in [3.63, 3.8) is 0 Å². The Kier molecular flexibility index (Phi) is 4.60. The average molecular weight is 435 g/mol. The van der Waals surface area contributed by atoms with Gasteiger partial charge in [0.15, 0.2) is 0 Å². The lowest BCUT2D eigenvalue weighted by Gasteiger charge is -2.33. The number of benzene rings is 3. The Labute approximate surface area is 184 Å². The van der Waals surface area contributed by atoms with Gasteiger partial charge in [-0.2, -0.15) is 0 Å². The molecule has 150 valence electrons. The van der Waals surface area contributed by atoms with Crippen molar-refractivity contribution < 1.29 is 9.59 Å². The second kappa shape index (κ2) is 7.18. The molecule has 30 heavy (non-hydrogen) atoms. The minimum atomic E-state index is -1.12. The summed E-state index contributed by atoms with van der Waals surface area (Å²) in [6.07, 6.45) is 0. The van der Waals surface area contributed by atoms with E-state index in [1.807, 2.05) is 85.8 Å². The van der Waals surface area contributed by atoms with Gasteiger partial charge in [0, 0.05) is 16.3 Å². The first-order chi connectivity index (χ1) is 14.5. The van der Waals surface area contributed by atoms with E-state index in [2.05, 4.69) is 0 Å².